The van der Waals surface area contributed by atoms with Crippen LogP contribution in [0.3, 0.4) is 0 Å². The molecule has 0 spiro atoms. The monoisotopic (exact) mass is 155 g/mol. The number of halogens is 1. The first-order valence-corrected chi connectivity index (χ1v) is 3.66. The van der Waals surface area contributed by atoms with Gasteiger partial charge in [-0.2, -0.15) is 0 Å². The fraction of sp³-hybridized carbons (Fsp3) is 0.250. The molecule has 0 radical (unpaired) electrons. The summed E-state index contributed by atoms with van der Waals surface area (Å²) < 4.78 is 0. The Bertz CT molecular complexity index is 184. The fourth-order valence-electron chi connectivity index (χ4n) is 0.839. The van der Waals surface area contributed by atoms with Crippen molar-refractivity contribution in [3.05, 3.63) is 35.9 Å². The van der Waals surface area contributed by atoms with Crippen LogP contribution < -0.4 is 5.73 Å². The van der Waals surface area contributed by atoms with Gasteiger partial charge in [-0.15, -0.1) is 11.6 Å². The predicted molar refractivity (Wildman–Crippen MR) is 44.0 cm³/mol. The van der Waals surface area contributed by atoms with E-state index < -0.39 is 0 Å². The van der Waals surface area contributed by atoms with Crippen LogP contribution in [0, 0.1) is 0 Å². The van der Waals surface area contributed by atoms with Gasteiger partial charge >= 0.3 is 0 Å². The quantitative estimate of drug-likeness (QED) is 0.511. The number of alkyl halides is 1. The topological polar surface area (TPSA) is 26.0 Å². The van der Waals surface area contributed by atoms with Crippen LogP contribution in [-0.2, 0) is 6.42 Å². The Morgan fingerprint density at radius 1 is 1.30 bits per heavy atom. The number of rotatable bonds is 2. The molecule has 0 aromatic heterocycles. The minimum atomic E-state index is -0.262. The molecule has 1 rings (SSSR count). The second-order valence-electron chi connectivity index (χ2n) is 2.21. The maximum Gasteiger partial charge on any atom is 0.0841 e. The molecule has 2 N–H and O–H groups in total. The fourth-order valence-corrected chi connectivity index (χ4v) is 1.02. The van der Waals surface area contributed by atoms with Gasteiger partial charge in [-0.25, -0.2) is 0 Å². The molecule has 0 heterocycles. The molecule has 0 bridgehead atoms. The third kappa shape index (κ3) is 2.38. The normalized spacial score (nSPS) is 13.0. The maximum atomic E-state index is 5.59. The van der Waals surface area contributed by atoms with E-state index >= 15 is 0 Å². The van der Waals surface area contributed by atoms with Crippen molar-refractivity contribution >= 4 is 11.6 Å². The molecule has 1 atom stereocenters. The van der Waals surface area contributed by atoms with Gasteiger partial charge in [0.1, 0.15) is 0 Å². The highest BCUT2D eigenvalue weighted by molar-refractivity contribution is 6.20. The first-order valence-electron chi connectivity index (χ1n) is 3.22. The summed E-state index contributed by atoms with van der Waals surface area (Å²) in [6.45, 7) is 0. The van der Waals surface area contributed by atoms with Crippen LogP contribution in [-0.4, -0.2) is 5.50 Å². The largest absolute Gasteiger partial charge is 0.315 e. The van der Waals surface area contributed by atoms with Crippen LogP contribution in [0.4, 0.5) is 0 Å². The minimum absolute atomic E-state index is 0.262. The van der Waals surface area contributed by atoms with E-state index in [2.05, 4.69) is 0 Å². The second-order valence-corrected chi connectivity index (χ2v) is 2.77. The average molecular weight is 156 g/mol. The summed E-state index contributed by atoms with van der Waals surface area (Å²) >= 11 is 5.59. The molecule has 0 fully saturated rings. The summed E-state index contributed by atoms with van der Waals surface area (Å²) in [7, 11) is 0. The zero-order chi connectivity index (χ0) is 7.40. The van der Waals surface area contributed by atoms with Gasteiger partial charge in [0.2, 0.25) is 0 Å². The third-order valence-corrected chi connectivity index (χ3v) is 1.43. The molecule has 0 aliphatic rings. The lowest BCUT2D eigenvalue weighted by Crippen LogP contribution is -2.14. The lowest BCUT2D eigenvalue weighted by Gasteiger charge is -2.01. The first kappa shape index (κ1) is 7.58. The molecule has 1 nitrogen and oxygen atoms in total. The van der Waals surface area contributed by atoms with Gasteiger partial charge < -0.3 is 5.73 Å². The summed E-state index contributed by atoms with van der Waals surface area (Å²) in [6, 6.07) is 9.97. The van der Waals surface area contributed by atoms with E-state index in [4.69, 9.17) is 17.3 Å². The minimum Gasteiger partial charge on any atom is -0.315 e. The molecule has 10 heavy (non-hydrogen) atoms. The van der Waals surface area contributed by atoms with E-state index in [1.807, 2.05) is 30.3 Å². The molecule has 0 aliphatic heterocycles. The van der Waals surface area contributed by atoms with Gasteiger partial charge in [0.25, 0.3) is 0 Å². The number of benzene rings is 1. The SMILES string of the molecule is NC(Cl)Cc1ccccc1. The van der Waals surface area contributed by atoms with Crippen molar-refractivity contribution < 1.29 is 0 Å². The van der Waals surface area contributed by atoms with Crippen LogP contribution in [0.5, 0.6) is 0 Å². The molecular formula is C8H10ClN. The Morgan fingerprint density at radius 2 is 1.90 bits per heavy atom. The first-order chi connectivity index (χ1) is 4.79. The highest BCUT2D eigenvalue weighted by Crippen LogP contribution is 2.02. The van der Waals surface area contributed by atoms with E-state index in [0.717, 1.165) is 6.42 Å². The Hall–Kier alpha value is -0.530. The molecule has 0 amide bonds. The van der Waals surface area contributed by atoms with Crippen LogP contribution in [0.15, 0.2) is 30.3 Å². The van der Waals surface area contributed by atoms with Gasteiger partial charge in [0, 0.05) is 6.42 Å². The lowest BCUT2D eigenvalue weighted by molar-refractivity contribution is 0.890. The molecule has 0 saturated carbocycles. The molecule has 1 aromatic rings. The molecular weight excluding hydrogens is 146 g/mol. The number of hydrogen-bond donors (Lipinski definition) is 1. The van der Waals surface area contributed by atoms with Gasteiger partial charge in [0.15, 0.2) is 0 Å². The van der Waals surface area contributed by atoms with Crippen LogP contribution in [0.25, 0.3) is 0 Å². The molecule has 0 aliphatic carbocycles. The standard InChI is InChI=1S/C8H10ClN/c9-8(10)6-7-4-2-1-3-5-7/h1-5,8H,6,10H2. The second kappa shape index (κ2) is 3.59. The van der Waals surface area contributed by atoms with Crippen molar-refractivity contribution in [2.45, 2.75) is 11.9 Å². The summed E-state index contributed by atoms with van der Waals surface area (Å²) in [6.07, 6.45) is 0.738. The highest BCUT2D eigenvalue weighted by Gasteiger charge is 1.96. The van der Waals surface area contributed by atoms with E-state index in [1.54, 1.807) is 0 Å². The van der Waals surface area contributed by atoms with Crippen LogP contribution in [0.1, 0.15) is 5.56 Å². The molecule has 1 aromatic carbocycles. The van der Waals surface area contributed by atoms with Crippen molar-refractivity contribution in [2.75, 3.05) is 0 Å². The third-order valence-electron chi connectivity index (χ3n) is 1.27. The summed E-state index contributed by atoms with van der Waals surface area (Å²) in [4.78, 5) is 0. The Labute approximate surface area is 65.8 Å². The smallest absolute Gasteiger partial charge is 0.0841 e. The van der Waals surface area contributed by atoms with Gasteiger partial charge in [-0.3, -0.25) is 0 Å². The van der Waals surface area contributed by atoms with Crippen molar-refractivity contribution in [3.63, 3.8) is 0 Å². The zero-order valence-electron chi connectivity index (χ0n) is 5.63. The number of hydrogen-bond acceptors (Lipinski definition) is 1. The van der Waals surface area contributed by atoms with Crippen LogP contribution in [0.2, 0.25) is 0 Å². The molecule has 54 valence electrons. The molecule has 2 heteroatoms. The Morgan fingerprint density at radius 3 is 2.40 bits per heavy atom. The highest BCUT2D eigenvalue weighted by atomic mass is 35.5. The lowest BCUT2D eigenvalue weighted by atomic mass is 10.2. The predicted octanol–water partition coefficient (Wildman–Crippen LogP) is 1.75. The maximum absolute atomic E-state index is 5.59. The van der Waals surface area contributed by atoms with Crippen LogP contribution >= 0.6 is 11.6 Å². The summed E-state index contributed by atoms with van der Waals surface area (Å²) in [5.41, 5.74) is 6.31. The van der Waals surface area contributed by atoms with E-state index in [1.165, 1.54) is 5.56 Å². The van der Waals surface area contributed by atoms with Crippen molar-refractivity contribution in [1.82, 2.24) is 0 Å². The molecule has 0 saturated heterocycles. The van der Waals surface area contributed by atoms with E-state index in [-0.39, 0.29) is 5.50 Å². The van der Waals surface area contributed by atoms with Gasteiger partial charge in [0.05, 0.1) is 5.50 Å². The van der Waals surface area contributed by atoms with Crippen molar-refractivity contribution in [2.24, 2.45) is 5.73 Å². The van der Waals surface area contributed by atoms with Crippen molar-refractivity contribution in [1.29, 1.82) is 0 Å². The van der Waals surface area contributed by atoms with Crippen molar-refractivity contribution in [3.8, 4) is 0 Å². The summed E-state index contributed by atoms with van der Waals surface area (Å²) in [5.74, 6) is 0. The average Bonchev–Trinajstić information content (AvgIpc) is 1.88. The zero-order valence-corrected chi connectivity index (χ0v) is 6.38. The molecule has 1 unspecified atom stereocenters. The van der Waals surface area contributed by atoms with E-state index in [0.29, 0.717) is 0 Å². The van der Waals surface area contributed by atoms with Gasteiger partial charge in [-0.1, -0.05) is 30.3 Å². The Kier molecular flexibility index (Phi) is 2.72. The van der Waals surface area contributed by atoms with Gasteiger partial charge in [-0.05, 0) is 5.56 Å². The number of nitrogens with two attached hydrogens (primary N) is 1. The Balaban J connectivity index is 2.59. The van der Waals surface area contributed by atoms with E-state index in [9.17, 15) is 0 Å². The summed E-state index contributed by atoms with van der Waals surface area (Å²) in [5, 5.41) is 0.